The highest BCUT2D eigenvalue weighted by atomic mass is 35.5. The SMILES string of the molecule is CC1=C(C(=O)Nc2cccc(Cl)c2C)C(c2cccc([N+](=O)[O-])c2)NC(=S)N1. The maximum Gasteiger partial charge on any atom is 0.269 e. The molecular weight excluding hydrogens is 400 g/mol. The van der Waals surface area contributed by atoms with Crippen LogP contribution in [0.5, 0.6) is 0 Å². The molecule has 1 heterocycles. The second-order valence-corrected chi connectivity index (χ2v) is 7.10. The van der Waals surface area contributed by atoms with E-state index in [1.165, 1.54) is 12.1 Å². The van der Waals surface area contributed by atoms with Crippen molar-refractivity contribution in [2.24, 2.45) is 0 Å². The number of allylic oxidation sites excluding steroid dienone is 1. The van der Waals surface area contributed by atoms with Crippen LogP contribution in [0, 0.1) is 17.0 Å². The monoisotopic (exact) mass is 416 g/mol. The van der Waals surface area contributed by atoms with Gasteiger partial charge in [-0.2, -0.15) is 0 Å². The largest absolute Gasteiger partial charge is 0.351 e. The van der Waals surface area contributed by atoms with Crippen molar-refractivity contribution in [3.05, 3.63) is 80.0 Å². The number of rotatable bonds is 4. The van der Waals surface area contributed by atoms with Crippen LogP contribution >= 0.6 is 23.8 Å². The summed E-state index contributed by atoms with van der Waals surface area (Å²) < 4.78 is 0. The first-order chi connectivity index (χ1) is 13.3. The molecule has 144 valence electrons. The molecule has 7 nitrogen and oxygen atoms in total. The van der Waals surface area contributed by atoms with E-state index in [4.69, 9.17) is 23.8 Å². The highest BCUT2D eigenvalue weighted by Crippen LogP contribution is 2.31. The van der Waals surface area contributed by atoms with Gasteiger partial charge in [-0.15, -0.1) is 0 Å². The quantitative estimate of drug-likeness (QED) is 0.396. The van der Waals surface area contributed by atoms with Crippen molar-refractivity contribution < 1.29 is 9.72 Å². The van der Waals surface area contributed by atoms with Crippen LogP contribution in [0.2, 0.25) is 5.02 Å². The summed E-state index contributed by atoms with van der Waals surface area (Å²) >= 11 is 11.3. The maximum atomic E-state index is 13.1. The van der Waals surface area contributed by atoms with Crippen LogP contribution in [0.15, 0.2) is 53.7 Å². The van der Waals surface area contributed by atoms with Gasteiger partial charge in [0.1, 0.15) is 0 Å². The molecule has 2 aromatic carbocycles. The maximum absolute atomic E-state index is 13.1. The fourth-order valence-corrected chi connectivity index (χ4v) is 3.44. The van der Waals surface area contributed by atoms with Gasteiger partial charge in [0.25, 0.3) is 11.6 Å². The van der Waals surface area contributed by atoms with Gasteiger partial charge in [-0.1, -0.05) is 29.8 Å². The minimum atomic E-state index is -0.631. The van der Waals surface area contributed by atoms with Gasteiger partial charge in [0.15, 0.2) is 5.11 Å². The van der Waals surface area contributed by atoms with Crippen LogP contribution in [0.25, 0.3) is 0 Å². The lowest BCUT2D eigenvalue weighted by Gasteiger charge is -2.30. The third kappa shape index (κ3) is 3.97. The number of nitro benzene ring substituents is 1. The van der Waals surface area contributed by atoms with Crippen molar-refractivity contribution in [2.45, 2.75) is 19.9 Å². The van der Waals surface area contributed by atoms with Crippen LogP contribution in [0.4, 0.5) is 11.4 Å². The van der Waals surface area contributed by atoms with E-state index < -0.39 is 11.0 Å². The molecule has 1 atom stereocenters. The summed E-state index contributed by atoms with van der Waals surface area (Å²) in [5.41, 5.74) is 2.78. The van der Waals surface area contributed by atoms with E-state index in [1.807, 2.05) is 6.92 Å². The Morgan fingerprint density at radius 3 is 2.68 bits per heavy atom. The zero-order valence-corrected chi connectivity index (χ0v) is 16.6. The number of halogens is 1. The van der Waals surface area contributed by atoms with Crippen LogP contribution in [0.3, 0.4) is 0 Å². The van der Waals surface area contributed by atoms with E-state index in [1.54, 1.807) is 37.3 Å². The molecule has 0 aliphatic carbocycles. The molecule has 1 unspecified atom stereocenters. The number of anilines is 1. The number of amides is 1. The Morgan fingerprint density at radius 2 is 1.96 bits per heavy atom. The zero-order valence-electron chi connectivity index (χ0n) is 15.1. The first kappa shape index (κ1) is 19.8. The molecule has 3 N–H and O–H groups in total. The molecule has 9 heteroatoms. The van der Waals surface area contributed by atoms with Crippen molar-refractivity contribution in [2.75, 3.05) is 5.32 Å². The molecule has 1 aliphatic rings. The summed E-state index contributed by atoms with van der Waals surface area (Å²) in [6.45, 7) is 3.54. The summed E-state index contributed by atoms with van der Waals surface area (Å²) in [4.78, 5) is 23.7. The van der Waals surface area contributed by atoms with Gasteiger partial charge < -0.3 is 16.0 Å². The molecule has 1 aliphatic heterocycles. The zero-order chi connectivity index (χ0) is 20.4. The fraction of sp³-hybridized carbons (Fsp3) is 0.158. The van der Waals surface area contributed by atoms with Crippen LogP contribution in [0.1, 0.15) is 24.1 Å². The van der Waals surface area contributed by atoms with Gasteiger partial charge >= 0.3 is 0 Å². The minimum Gasteiger partial charge on any atom is -0.351 e. The van der Waals surface area contributed by atoms with Gasteiger partial charge in [-0.05, 0) is 49.3 Å². The molecule has 0 spiro atoms. The first-order valence-corrected chi connectivity index (χ1v) is 9.15. The summed E-state index contributed by atoms with van der Waals surface area (Å²) in [5.74, 6) is -0.359. The van der Waals surface area contributed by atoms with E-state index in [9.17, 15) is 14.9 Å². The molecule has 2 aromatic rings. The van der Waals surface area contributed by atoms with Crippen molar-refractivity contribution in [3.8, 4) is 0 Å². The summed E-state index contributed by atoms with van der Waals surface area (Å²) in [6.07, 6.45) is 0. The Bertz CT molecular complexity index is 1020. The van der Waals surface area contributed by atoms with Gasteiger partial charge in [0.05, 0.1) is 16.5 Å². The van der Waals surface area contributed by atoms with E-state index >= 15 is 0 Å². The van der Waals surface area contributed by atoms with Crippen molar-refractivity contribution in [1.82, 2.24) is 10.6 Å². The van der Waals surface area contributed by atoms with Crippen molar-refractivity contribution >= 4 is 46.2 Å². The predicted molar refractivity (Wildman–Crippen MR) is 112 cm³/mol. The number of nitro groups is 1. The number of thiocarbonyl (C=S) groups is 1. The van der Waals surface area contributed by atoms with E-state index in [0.29, 0.717) is 32.7 Å². The number of hydrogen-bond donors (Lipinski definition) is 3. The van der Waals surface area contributed by atoms with Crippen LogP contribution in [-0.4, -0.2) is 15.9 Å². The van der Waals surface area contributed by atoms with Crippen LogP contribution in [-0.2, 0) is 4.79 Å². The summed E-state index contributed by atoms with van der Waals surface area (Å²) in [5, 5.41) is 20.8. The number of nitrogens with one attached hydrogen (secondary N) is 3. The third-order valence-electron chi connectivity index (χ3n) is 4.44. The Hall–Kier alpha value is -2.97. The molecule has 28 heavy (non-hydrogen) atoms. The average Bonchev–Trinajstić information content (AvgIpc) is 2.64. The number of non-ortho nitro benzene ring substituents is 1. The van der Waals surface area contributed by atoms with E-state index in [-0.39, 0.29) is 11.6 Å². The third-order valence-corrected chi connectivity index (χ3v) is 5.07. The number of hydrogen-bond acceptors (Lipinski definition) is 4. The number of nitrogens with zero attached hydrogens (tertiary/aromatic N) is 1. The number of carbonyl (C=O) groups is 1. The molecular formula is C19H17ClN4O3S. The van der Waals surface area contributed by atoms with Crippen molar-refractivity contribution in [1.29, 1.82) is 0 Å². The minimum absolute atomic E-state index is 0.0631. The summed E-state index contributed by atoms with van der Waals surface area (Å²) in [7, 11) is 0. The second-order valence-electron chi connectivity index (χ2n) is 6.29. The Balaban J connectivity index is 2.00. The Kier molecular flexibility index (Phi) is 5.62. The number of carbonyl (C=O) groups excluding carboxylic acids is 1. The summed E-state index contributed by atoms with van der Waals surface area (Å²) in [6, 6.07) is 10.7. The molecule has 0 saturated heterocycles. The molecule has 0 aromatic heterocycles. The highest BCUT2D eigenvalue weighted by Gasteiger charge is 2.31. The predicted octanol–water partition coefficient (Wildman–Crippen LogP) is 3.99. The highest BCUT2D eigenvalue weighted by molar-refractivity contribution is 7.80. The fourth-order valence-electron chi connectivity index (χ4n) is 3.00. The average molecular weight is 417 g/mol. The molecule has 0 saturated carbocycles. The molecule has 0 fully saturated rings. The van der Waals surface area contributed by atoms with Crippen molar-refractivity contribution in [3.63, 3.8) is 0 Å². The Morgan fingerprint density at radius 1 is 1.25 bits per heavy atom. The lowest BCUT2D eigenvalue weighted by Crippen LogP contribution is -2.45. The molecule has 0 radical (unpaired) electrons. The second kappa shape index (κ2) is 7.95. The molecule has 0 bridgehead atoms. The van der Waals surface area contributed by atoms with Gasteiger partial charge in [0.2, 0.25) is 0 Å². The lowest BCUT2D eigenvalue weighted by atomic mass is 9.94. The normalized spacial score (nSPS) is 16.2. The molecule has 1 amide bonds. The van der Waals surface area contributed by atoms with Gasteiger partial charge in [-0.3, -0.25) is 14.9 Å². The van der Waals surface area contributed by atoms with E-state index in [0.717, 1.165) is 5.56 Å². The van der Waals surface area contributed by atoms with Gasteiger partial charge in [-0.25, -0.2) is 0 Å². The van der Waals surface area contributed by atoms with Crippen LogP contribution < -0.4 is 16.0 Å². The topological polar surface area (TPSA) is 96.3 Å². The first-order valence-electron chi connectivity index (χ1n) is 8.37. The Labute approximate surface area is 171 Å². The lowest BCUT2D eigenvalue weighted by molar-refractivity contribution is -0.384. The van der Waals surface area contributed by atoms with E-state index in [2.05, 4.69) is 16.0 Å². The standard InChI is InChI=1S/C19H17ClN4O3S/c1-10-14(20)7-4-8-15(10)22-18(25)16-11(2)21-19(28)23-17(16)12-5-3-6-13(9-12)24(26)27/h3-9,17H,1-2H3,(H,22,25)(H2,21,23,28). The number of benzene rings is 2. The molecule has 3 rings (SSSR count). The smallest absolute Gasteiger partial charge is 0.269 e. The van der Waals surface area contributed by atoms with Gasteiger partial charge in [0, 0.05) is 28.5 Å².